The minimum atomic E-state index is -0.642. The molecule has 0 aromatic carbocycles. The molecule has 0 aromatic heterocycles. The minimum absolute atomic E-state index is 0.147. The molecule has 0 aromatic rings. The number of esters is 1. The van der Waals surface area contributed by atoms with Crippen molar-refractivity contribution < 1.29 is 19.1 Å². The maximum absolute atomic E-state index is 12.0. The zero-order valence-corrected chi connectivity index (χ0v) is 10.3. The molecule has 1 rings (SSSR count). The standard InChI is InChI=1S/C11H20N2O4/c1-3-17-11(15)8-4-5-12-10(9(8)14)13-6-7-16-2/h8,10,12-13H,3-7H2,1-2H3/t8-,10-/m1/s1. The van der Waals surface area contributed by atoms with E-state index >= 15 is 0 Å². The number of carbonyl (C=O) groups excluding carboxylic acids is 2. The Hall–Kier alpha value is -0.980. The summed E-state index contributed by atoms with van der Waals surface area (Å²) in [4.78, 5) is 23.5. The Morgan fingerprint density at radius 2 is 2.35 bits per heavy atom. The predicted octanol–water partition coefficient (Wildman–Crippen LogP) is -0.710. The van der Waals surface area contributed by atoms with Crippen LogP contribution in [0.15, 0.2) is 0 Å². The van der Waals surface area contributed by atoms with Gasteiger partial charge in [-0.25, -0.2) is 0 Å². The highest BCUT2D eigenvalue weighted by Gasteiger charge is 2.36. The monoisotopic (exact) mass is 244 g/mol. The minimum Gasteiger partial charge on any atom is -0.465 e. The first kappa shape index (κ1) is 14.1. The third-order valence-corrected chi connectivity index (χ3v) is 2.64. The summed E-state index contributed by atoms with van der Waals surface area (Å²) in [6.45, 7) is 3.75. The van der Waals surface area contributed by atoms with Crippen LogP contribution in [0.2, 0.25) is 0 Å². The normalized spacial score (nSPS) is 24.7. The summed E-state index contributed by atoms with van der Waals surface area (Å²) in [5.74, 6) is -1.21. The van der Waals surface area contributed by atoms with Crippen LogP contribution in [0.25, 0.3) is 0 Å². The highest BCUT2D eigenvalue weighted by molar-refractivity contribution is 6.02. The van der Waals surface area contributed by atoms with Crippen LogP contribution in [0.3, 0.4) is 0 Å². The lowest BCUT2D eigenvalue weighted by molar-refractivity contribution is -0.153. The van der Waals surface area contributed by atoms with Crippen molar-refractivity contribution in [3.63, 3.8) is 0 Å². The molecule has 6 heteroatoms. The largest absolute Gasteiger partial charge is 0.465 e. The molecule has 1 fully saturated rings. The van der Waals surface area contributed by atoms with Crippen LogP contribution < -0.4 is 10.6 Å². The van der Waals surface area contributed by atoms with Crippen molar-refractivity contribution >= 4 is 11.8 Å². The molecule has 0 bridgehead atoms. The summed E-state index contributed by atoms with van der Waals surface area (Å²) in [6.07, 6.45) is 0.0217. The van der Waals surface area contributed by atoms with Crippen LogP contribution in [0, 0.1) is 5.92 Å². The summed E-state index contributed by atoms with van der Waals surface area (Å²) >= 11 is 0. The van der Waals surface area contributed by atoms with E-state index in [-0.39, 0.29) is 5.78 Å². The molecule has 0 unspecified atom stereocenters. The number of piperidine rings is 1. The fraction of sp³-hybridized carbons (Fsp3) is 0.818. The summed E-state index contributed by atoms with van der Waals surface area (Å²) in [6, 6.07) is 0. The lowest BCUT2D eigenvalue weighted by Gasteiger charge is -2.28. The Morgan fingerprint density at radius 1 is 1.59 bits per heavy atom. The summed E-state index contributed by atoms with van der Waals surface area (Å²) < 4.78 is 9.77. The first-order chi connectivity index (χ1) is 8.20. The van der Waals surface area contributed by atoms with Crippen molar-refractivity contribution in [2.75, 3.05) is 33.4 Å². The van der Waals surface area contributed by atoms with Gasteiger partial charge < -0.3 is 9.47 Å². The maximum atomic E-state index is 12.0. The maximum Gasteiger partial charge on any atom is 0.316 e. The van der Waals surface area contributed by atoms with E-state index in [0.717, 1.165) is 0 Å². The summed E-state index contributed by atoms with van der Waals surface area (Å²) in [7, 11) is 1.60. The highest BCUT2D eigenvalue weighted by atomic mass is 16.5. The first-order valence-corrected chi connectivity index (χ1v) is 5.86. The van der Waals surface area contributed by atoms with Gasteiger partial charge in [0.25, 0.3) is 0 Å². The quantitative estimate of drug-likeness (QED) is 0.365. The number of hydrogen-bond acceptors (Lipinski definition) is 6. The van der Waals surface area contributed by atoms with Crippen LogP contribution >= 0.6 is 0 Å². The number of ketones is 1. The van der Waals surface area contributed by atoms with Crippen molar-refractivity contribution in [1.82, 2.24) is 10.6 Å². The summed E-state index contributed by atoms with van der Waals surface area (Å²) in [5, 5.41) is 6.04. The van der Waals surface area contributed by atoms with E-state index in [1.165, 1.54) is 0 Å². The number of carbonyl (C=O) groups is 2. The van der Waals surface area contributed by atoms with E-state index in [1.54, 1.807) is 14.0 Å². The van der Waals surface area contributed by atoms with Crippen LogP contribution in [0.1, 0.15) is 13.3 Å². The van der Waals surface area contributed by atoms with Crippen LogP contribution in [0.4, 0.5) is 0 Å². The van der Waals surface area contributed by atoms with Gasteiger partial charge in [0.2, 0.25) is 0 Å². The van der Waals surface area contributed by atoms with Gasteiger partial charge in [-0.3, -0.25) is 20.2 Å². The average Bonchev–Trinajstić information content (AvgIpc) is 2.32. The second-order valence-electron chi connectivity index (χ2n) is 3.83. The van der Waals surface area contributed by atoms with Gasteiger partial charge in [0, 0.05) is 13.7 Å². The zero-order chi connectivity index (χ0) is 12.7. The Balaban J connectivity index is 2.47. The van der Waals surface area contributed by atoms with E-state index in [9.17, 15) is 9.59 Å². The number of hydrogen-bond donors (Lipinski definition) is 2. The molecule has 0 amide bonds. The van der Waals surface area contributed by atoms with E-state index in [4.69, 9.17) is 9.47 Å². The molecule has 0 radical (unpaired) electrons. The molecule has 0 aliphatic carbocycles. The fourth-order valence-electron chi connectivity index (χ4n) is 1.77. The smallest absolute Gasteiger partial charge is 0.316 e. The van der Waals surface area contributed by atoms with Gasteiger partial charge in [-0.1, -0.05) is 0 Å². The van der Waals surface area contributed by atoms with E-state index in [1.807, 2.05) is 0 Å². The topological polar surface area (TPSA) is 76.7 Å². The van der Waals surface area contributed by atoms with Crippen LogP contribution in [-0.2, 0) is 19.1 Å². The molecular formula is C11H20N2O4. The van der Waals surface area contributed by atoms with Crippen LogP contribution in [0.5, 0.6) is 0 Å². The molecule has 6 nitrogen and oxygen atoms in total. The molecule has 17 heavy (non-hydrogen) atoms. The SMILES string of the molecule is CCOC(=O)[C@@H]1CCN[C@H](NCCOC)C1=O. The van der Waals surface area contributed by atoms with Crippen molar-refractivity contribution in [1.29, 1.82) is 0 Å². The lowest BCUT2D eigenvalue weighted by Crippen LogP contribution is -2.57. The molecule has 2 N–H and O–H groups in total. The van der Waals surface area contributed by atoms with Gasteiger partial charge in [-0.2, -0.15) is 0 Å². The fourth-order valence-corrected chi connectivity index (χ4v) is 1.77. The Labute approximate surface area is 101 Å². The third kappa shape index (κ3) is 4.07. The molecule has 2 atom stereocenters. The predicted molar refractivity (Wildman–Crippen MR) is 61.4 cm³/mol. The third-order valence-electron chi connectivity index (χ3n) is 2.64. The van der Waals surface area contributed by atoms with E-state index < -0.39 is 18.1 Å². The molecule has 1 heterocycles. The molecular weight excluding hydrogens is 224 g/mol. The second kappa shape index (κ2) is 7.37. The van der Waals surface area contributed by atoms with Gasteiger partial charge >= 0.3 is 5.97 Å². The van der Waals surface area contributed by atoms with Gasteiger partial charge in [-0.05, 0) is 19.9 Å². The number of Topliss-reactive ketones (excluding diaryl/α,β-unsaturated/α-hetero) is 1. The Kier molecular flexibility index (Phi) is 6.10. The molecule has 1 aliphatic heterocycles. The molecule has 1 aliphatic rings. The number of methoxy groups -OCH3 is 1. The van der Waals surface area contributed by atoms with Crippen molar-refractivity contribution in [2.45, 2.75) is 19.5 Å². The van der Waals surface area contributed by atoms with Gasteiger partial charge in [0.05, 0.1) is 13.2 Å². The molecule has 0 spiro atoms. The van der Waals surface area contributed by atoms with Crippen molar-refractivity contribution in [2.24, 2.45) is 5.92 Å². The van der Waals surface area contributed by atoms with Crippen molar-refractivity contribution in [3.05, 3.63) is 0 Å². The van der Waals surface area contributed by atoms with E-state index in [0.29, 0.717) is 32.7 Å². The lowest BCUT2D eigenvalue weighted by atomic mass is 9.94. The average molecular weight is 244 g/mol. The van der Waals surface area contributed by atoms with Gasteiger partial charge in [0.1, 0.15) is 12.1 Å². The number of rotatable bonds is 6. The molecule has 0 saturated carbocycles. The van der Waals surface area contributed by atoms with Gasteiger partial charge in [0.15, 0.2) is 5.78 Å². The summed E-state index contributed by atoms with van der Waals surface area (Å²) in [5.41, 5.74) is 0. The van der Waals surface area contributed by atoms with Crippen LogP contribution in [-0.4, -0.2) is 51.3 Å². The number of nitrogens with one attached hydrogen (secondary N) is 2. The van der Waals surface area contributed by atoms with Gasteiger partial charge in [-0.15, -0.1) is 0 Å². The molecule has 1 saturated heterocycles. The Morgan fingerprint density at radius 3 is 3.00 bits per heavy atom. The van der Waals surface area contributed by atoms with Crippen molar-refractivity contribution in [3.8, 4) is 0 Å². The highest BCUT2D eigenvalue weighted by Crippen LogP contribution is 2.13. The first-order valence-electron chi connectivity index (χ1n) is 5.86. The number of ether oxygens (including phenoxy) is 2. The second-order valence-corrected chi connectivity index (χ2v) is 3.83. The zero-order valence-electron chi connectivity index (χ0n) is 10.3. The Bertz CT molecular complexity index is 270. The van der Waals surface area contributed by atoms with E-state index in [2.05, 4.69) is 10.6 Å². The molecule has 98 valence electrons.